The summed E-state index contributed by atoms with van der Waals surface area (Å²) in [6.07, 6.45) is -3.81. The maximum atomic E-state index is 12.8. The number of alkyl halides is 6. The lowest BCUT2D eigenvalue weighted by Crippen LogP contribution is -2.45. The Kier molecular flexibility index (Phi) is 8.43. The van der Waals surface area contributed by atoms with E-state index < -0.39 is 85.9 Å². The summed E-state index contributed by atoms with van der Waals surface area (Å²) in [5.41, 5.74) is -14.0. The van der Waals surface area contributed by atoms with Gasteiger partial charge in [-0.2, -0.15) is 43.2 Å². The van der Waals surface area contributed by atoms with Gasteiger partial charge in [0.2, 0.25) is 0 Å². The number of H-pyrrole nitrogens is 1. The van der Waals surface area contributed by atoms with Crippen molar-refractivity contribution in [1.29, 1.82) is 0 Å². The first kappa shape index (κ1) is 30.5. The molecule has 38 heavy (non-hydrogen) atoms. The van der Waals surface area contributed by atoms with Gasteiger partial charge in [-0.1, -0.05) is 0 Å². The van der Waals surface area contributed by atoms with Crippen molar-refractivity contribution >= 4 is 20.2 Å². The molecule has 1 saturated heterocycles. The summed E-state index contributed by atoms with van der Waals surface area (Å²) in [5.74, 6) is -3.62. The maximum absolute atomic E-state index is 12.8. The standard InChI is InChI=1S/C17H20F6N2O11S2/c18-16(19,20)37(29,30)33-7-9(8-34-38(31,32)17(21,22)23)11-12(36-15(35-11)4-1-2-5-15)13(27)25-6-3-10(26)24-14(25)28/h3,6,9,11-13,27H,1-2,4-5,7-8H2,(H,24,26,28)/t11-,12-,13-/m1/s1. The van der Waals surface area contributed by atoms with E-state index in [4.69, 9.17) is 9.47 Å². The molecule has 218 valence electrons. The first-order valence-corrected chi connectivity index (χ1v) is 13.4. The molecule has 2 aliphatic rings. The average molecular weight is 606 g/mol. The molecule has 0 bridgehead atoms. The molecule has 0 aromatic carbocycles. The van der Waals surface area contributed by atoms with Crippen LogP contribution in [0.1, 0.15) is 31.9 Å². The minimum Gasteiger partial charge on any atom is -0.370 e. The molecule has 13 nitrogen and oxygen atoms in total. The zero-order valence-electron chi connectivity index (χ0n) is 18.8. The van der Waals surface area contributed by atoms with Crippen molar-refractivity contribution in [3.8, 4) is 0 Å². The fraction of sp³-hybridized carbons (Fsp3) is 0.765. The number of aromatic nitrogens is 2. The summed E-state index contributed by atoms with van der Waals surface area (Å²) >= 11 is 0. The number of hydrogen-bond acceptors (Lipinski definition) is 11. The van der Waals surface area contributed by atoms with Crippen LogP contribution in [0.2, 0.25) is 0 Å². The molecule has 0 unspecified atom stereocenters. The second-order valence-electron chi connectivity index (χ2n) is 8.34. The molecular formula is C17H20F6N2O11S2. The maximum Gasteiger partial charge on any atom is 0.523 e. The number of hydrogen-bond donors (Lipinski definition) is 2. The summed E-state index contributed by atoms with van der Waals surface area (Å²) in [7, 11) is -12.6. The topological polar surface area (TPSA) is 180 Å². The van der Waals surface area contributed by atoms with Crippen molar-refractivity contribution in [2.75, 3.05) is 13.2 Å². The highest BCUT2D eigenvalue weighted by Crippen LogP contribution is 2.46. The third kappa shape index (κ3) is 6.39. The lowest BCUT2D eigenvalue weighted by Gasteiger charge is -2.29. The predicted molar refractivity (Wildman–Crippen MR) is 109 cm³/mol. The molecule has 1 spiro atoms. The normalized spacial score (nSPS) is 23.4. The molecule has 2 N–H and O–H groups in total. The highest BCUT2D eigenvalue weighted by molar-refractivity contribution is 7.87. The molecule has 2 heterocycles. The summed E-state index contributed by atoms with van der Waals surface area (Å²) in [6.45, 7) is -3.24. The van der Waals surface area contributed by atoms with Gasteiger partial charge < -0.3 is 14.6 Å². The van der Waals surface area contributed by atoms with Crippen LogP contribution in [0.15, 0.2) is 21.9 Å². The molecule has 1 aromatic heterocycles. The highest BCUT2D eigenvalue weighted by Gasteiger charge is 2.56. The number of aliphatic hydroxyl groups is 1. The summed E-state index contributed by atoms with van der Waals surface area (Å²) in [6, 6.07) is 0.802. The molecule has 1 aliphatic heterocycles. The van der Waals surface area contributed by atoms with E-state index in [0.29, 0.717) is 17.4 Å². The van der Waals surface area contributed by atoms with Crippen LogP contribution in [0.5, 0.6) is 0 Å². The van der Waals surface area contributed by atoms with Gasteiger partial charge in [0.05, 0.1) is 19.3 Å². The van der Waals surface area contributed by atoms with Crippen molar-refractivity contribution in [1.82, 2.24) is 9.55 Å². The number of rotatable bonds is 9. The Morgan fingerprint density at radius 3 is 1.89 bits per heavy atom. The average Bonchev–Trinajstić information content (AvgIpc) is 3.38. The van der Waals surface area contributed by atoms with Crippen molar-refractivity contribution in [2.45, 2.75) is 60.9 Å². The van der Waals surface area contributed by atoms with Crippen molar-refractivity contribution in [3.05, 3.63) is 33.1 Å². The fourth-order valence-corrected chi connectivity index (χ4v) is 4.90. The number of aromatic amines is 1. The predicted octanol–water partition coefficient (Wildman–Crippen LogP) is 0.430. The highest BCUT2D eigenvalue weighted by atomic mass is 32.2. The van der Waals surface area contributed by atoms with Crippen LogP contribution >= 0.6 is 0 Å². The van der Waals surface area contributed by atoms with Crippen LogP contribution < -0.4 is 11.2 Å². The van der Waals surface area contributed by atoms with Crippen LogP contribution in [0, 0.1) is 5.92 Å². The second kappa shape index (κ2) is 10.5. The second-order valence-corrected chi connectivity index (χ2v) is 11.6. The fourth-order valence-electron chi connectivity index (χ4n) is 3.92. The zero-order valence-corrected chi connectivity index (χ0v) is 20.4. The van der Waals surface area contributed by atoms with E-state index in [1.807, 2.05) is 4.98 Å². The van der Waals surface area contributed by atoms with Gasteiger partial charge in [0.15, 0.2) is 12.0 Å². The molecule has 0 amide bonds. The Labute approximate surface area is 209 Å². The van der Waals surface area contributed by atoms with Crippen LogP contribution in [-0.4, -0.2) is 73.7 Å². The van der Waals surface area contributed by atoms with Gasteiger partial charge in [0.1, 0.15) is 6.10 Å². The summed E-state index contributed by atoms with van der Waals surface area (Å²) in [5, 5.41) is 10.8. The number of aliphatic hydroxyl groups excluding tert-OH is 1. The summed E-state index contributed by atoms with van der Waals surface area (Å²) in [4.78, 5) is 25.3. The van der Waals surface area contributed by atoms with Crippen LogP contribution in [0.3, 0.4) is 0 Å². The molecule has 0 radical (unpaired) electrons. The SMILES string of the molecule is O=c1ccn([C@H](O)[C@@H]2OC3(CCCC3)O[C@@H]2C(COS(=O)(=O)C(F)(F)F)COS(=O)(=O)C(F)(F)F)c(=O)[nH]1. The number of nitrogens with one attached hydrogen (secondary N) is 1. The minimum atomic E-state index is -6.31. The van der Waals surface area contributed by atoms with E-state index in [9.17, 15) is 57.9 Å². The van der Waals surface area contributed by atoms with E-state index in [2.05, 4.69) is 8.37 Å². The van der Waals surface area contributed by atoms with Gasteiger partial charge in [0, 0.05) is 31.0 Å². The largest absolute Gasteiger partial charge is 0.523 e. The lowest BCUT2D eigenvalue weighted by atomic mass is 9.98. The van der Waals surface area contributed by atoms with E-state index >= 15 is 0 Å². The van der Waals surface area contributed by atoms with Gasteiger partial charge in [-0.25, -0.2) is 4.79 Å². The summed E-state index contributed by atoms with van der Waals surface area (Å²) < 4.78 is 142. The number of halogens is 6. The lowest BCUT2D eigenvalue weighted by molar-refractivity contribution is -0.184. The van der Waals surface area contributed by atoms with Crippen LogP contribution in [0.4, 0.5) is 26.3 Å². The van der Waals surface area contributed by atoms with Crippen molar-refractivity contribution in [3.63, 3.8) is 0 Å². The zero-order chi connectivity index (χ0) is 28.7. The molecular weight excluding hydrogens is 586 g/mol. The molecule has 21 heteroatoms. The minimum absolute atomic E-state index is 0.114. The molecule has 1 saturated carbocycles. The van der Waals surface area contributed by atoms with Crippen LogP contribution in [0.25, 0.3) is 0 Å². The van der Waals surface area contributed by atoms with E-state index in [-0.39, 0.29) is 12.8 Å². The third-order valence-electron chi connectivity index (χ3n) is 5.73. The molecule has 3 atom stereocenters. The Morgan fingerprint density at radius 1 is 0.974 bits per heavy atom. The monoisotopic (exact) mass is 606 g/mol. The Hall–Kier alpha value is -2.04. The first-order valence-electron chi connectivity index (χ1n) is 10.6. The van der Waals surface area contributed by atoms with Crippen molar-refractivity contribution in [2.24, 2.45) is 5.92 Å². The van der Waals surface area contributed by atoms with Gasteiger partial charge in [-0.15, -0.1) is 0 Å². The smallest absolute Gasteiger partial charge is 0.370 e. The van der Waals surface area contributed by atoms with Gasteiger partial charge in [-0.3, -0.25) is 22.7 Å². The van der Waals surface area contributed by atoms with E-state index in [1.54, 1.807) is 0 Å². The Morgan fingerprint density at radius 2 is 1.45 bits per heavy atom. The Balaban J connectivity index is 2.00. The van der Waals surface area contributed by atoms with E-state index in [0.717, 1.165) is 12.3 Å². The Bertz CT molecular complexity index is 1290. The van der Waals surface area contributed by atoms with E-state index in [1.165, 1.54) is 0 Å². The quantitative estimate of drug-likeness (QED) is 0.226. The van der Waals surface area contributed by atoms with Gasteiger partial charge >= 0.3 is 36.9 Å². The molecule has 1 aromatic rings. The molecule has 2 fully saturated rings. The van der Waals surface area contributed by atoms with Crippen LogP contribution in [-0.2, 0) is 38.1 Å². The molecule has 1 aliphatic carbocycles. The van der Waals surface area contributed by atoms with Gasteiger partial charge in [0.25, 0.3) is 5.56 Å². The molecule has 3 rings (SSSR count). The number of ether oxygens (including phenoxy) is 2. The van der Waals surface area contributed by atoms with Crippen molar-refractivity contribution < 1.29 is 66.1 Å². The third-order valence-corrected chi connectivity index (χ3v) is 7.75. The van der Waals surface area contributed by atoms with Gasteiger partial charge in [-0.05, 0) is 12.8 Å². The first-order chi connectivity index (χ1) is 17.3. The number of nitrogens with zero attached hydrogens (tertiary/aromatic N) is 1.